The summed E-state index contributed by atoms with van der Waals surface area (Å²) in [6, 6.07) is 21.6. The summed E-state index contributed by atoms with van der Waals surface area (Å²) in [7, 11) is 5.30. The van der Waals surface area contributed by atoms with Gasteiger partial charge in [0.25, 0.3) is 0 Å². The van der Waals surface area contributed by atoms with E-state index in [0.29, 0.717) is 19.7 Å². The molecule has 0 N–H and O–H groups in total. The van der Waals surface area contributed by atoms with Gasteiger partial charge in [-0.1, -0.05) is 24.3 Å². The van der Waals surface area contributed by atoms with Gasteiger partial charge >= 0.3 is 0 Å². The van der Waals surface area contributed by atoms with Crippen molar-refractivity contribution in [3.63, 3.8) is 0 Å². The van der Waals surface area contributed by atoms with Crippen LogP contribution in [0.15, 0.2) is 72.9 Å². The Bertz CT molecular complexity index is 1070. The van der Waals surface area contributed by atoms with Crippen molar-refractivity contribution >= 4 is 11.6 Å². The van der Waals surface area contributed by atoms with Crippen LogP contribution in [0.3, 0.4) is 0 Å². The lowest BCUT2D eigenvalue weighted by atomic mass is 10.1. The minimum Gasteiger partial charge on any atom is -0.497 e. The van der Waals surface area contributed by atoms with Crippen molar-refractivity contribution in [2.24, 2.45) is 0 Å². The molecule has 0 aliphatic carbocycles. The lowest BCUT2D eigenvalue weighted by Crippen LogP contribution is -2.58. The number of amides is 1. The topological polar surface area (TPSA) is 58.1 Å². The minimum absolute atomic E-state index is 0.102. The fourth-order valence-electron chi connectivity index (χ4n) is 4.20. The average Bonchev–Trinajstić information content (AvgIpc) is 2.88. The molecule has 7 nitrogen and oxygen atoms in total. The van der Waals surface area contributed by atoms with Gasteiger partial charge in [0.05, 0.1) is 12.8 Å². The number of benzene rings is 2. The van der Waals surface area contributed by atoms with E-state index >= 15 is 0 Å². The molecular weight excluding hydrogens is 428 g/mol. The van der Waals surface area contributed by atoms with Crippen molar-refractivity contribution in [1.82, 2.24) is 14.8 Å². The highest BCUT2D eigenvalue weighted by Crippen LogP contribution is 2.26. The van der Waals surface area contributed by atoms with E-state index in [-0.39, 0.29) is 11.9 Å². The maximum atomic E-state index is 13.2. The number of likely N-dealkylation sites (N-methyl/N-ethyl adjacent to an activating group) is 1. The van der Waals surface area contributed by atoms with E-state index in [1.165, 1.54) is 0 Å². The molecule has 0 radical (unpaired) electrons. The number of hydrogen-bond acceptors (Lipinski definition) is 6. The van der Waals surface area contributed by atoms with Gasteiger partial charge in [-0.2, -0.15) is 0 Å². The number of methoxy groups -OCH3 is 1. The second-order valence-corrected chi connectivity index (χ2v) is 8.58. The van der Waals surface area contributed by atoms with Crippen LogP contribution in [0, 0.1) is 0 Å². The average molecular weight is 461 g/mol. The molecule has 1 fully saturated rings. The molecule has 34 heavy (non-hydrogen) atoms. The largest absolute Gasteiger partial charge is 0.497 e. The molecule has 1 saturated heterocycles. The lowest BCUT2D eigenvalue weighted by molar-refractivity contribution is -0.135. The van der Waals surface area contributed by atoms with Gasteiger partial charge in [0.15, 0.2) is 0 Å². The Balaban J connectivity index is 1.50. The number of pyridine rings is 1. The second kappa shape index (κ2) is 11.0. The molecular formula is C27H32N4O3. The standard InChI is InChI=1S/C27H32N4O3/c1-29(2)27(32)25-19-30(23-11-13-24(33-3)14-12-23)16-17-31(25)18-21-8-4-5-10-26(21)34-20-22-9-6-7-15-28-22/h4-15,25H,16-20H2,1-3H3/t25-/m0/s1. The summed E-state index contributed by atoms with van der Waals surface area (Å²) in [5, 5.41) is 0. The molecule has 1 atom stereocenters. The Kier molecular flexibility index (Phi) is 7.65. The highest BCUT2D eigenvalue weighted by atomic mass is 16.5. The molecule has 0 bridgehead atoms. The molecule has 2 aromatic carbocycles. The Hall–Kier alpha value is -3.58. The van der Waals surface area contributed by atoms with Crippen molar-refractivity contribution in [2.45, 2.75) is 19.2 Å². The number of carbonyl (C=O) groups is 1. The minimum atomic E-state index is -0.255. The second-order valence-electron chi connectivity index (χ2n) is 8.58. The van der Waals surface area contributed by atoms with Crippen LogP contribution in [0.4, 0.5) is 5.69 Å². The molecule has 1 aliphatic rings. The van der Waals surface area contributed by atoms with Gasteiger partial charge in [-0.25, -0.2) is 0 Å². The van der Waals surface area contributed by atoms with E-state index in [0.717, 1.165) is 41.5 Å². The van der Waals surface area contributed by atoms with Gasteiger partial charge in [-0.05, 0) is 42.5 Å². The number of piperazine rings is 1. The number of carbonyl (C=O) groups excluding carboxylic acids is 1. The normalized spacial score (nSPS) is 16.2. The van der Waals surface area contributed by atoms with Gasteiger partial charge in [-0.15, -0.1) is 0 Å². The smallest absolute Gasteiger partial charge is 0.241 e. The van der Waals surface area contributed by atoms with Gasteiger partial charge in [-0.3, -0.25) is 14.7 Å². The maximum Gasteiger partial charge on any atom is 0.241 e. The predicted molar refractivity (Wildman–Crippen MR) is 133 cm³/mol. The van der Waals surface area contributed by atoms with Crippen LogP contribution in [-0.4, -0.2) is 67.6 Å². The first-order valence-corrected chi connectivity index (χ1v) is 11.5. The van der Waals surface area contributed by atoms with Crippen LogP contribution in [0.1, 0.15) is 11.3 Å². The Morgan fingerprint density at radius 1 is 1.03 bits per heavy atom. The number of nitrogens with zero attached hydrogens (tertiary/aromatic N) is 4. The van der Waals surface area contributed by atoms with Crippen LogP contribution < -0.4 is 14.4 Å². The van der Waals surface area contributed by atoms with Crippen molar-refractivity contribution in [2.75, 3.05) is 45.7 Å². The summed E-state index contributed by atoms with van der Waals surface area (Å²) < 4.78 is 11.4. The third-order valence-electron chi connectivity index (χ3n) is 6.10. The van der Waals surface area contributed by atoms with E-state index in [1.54, 1.807) is 18.2 Å². The zero-order valence-electron chi connectivity index (χ0n) is 20.1. The first-order chi connectivity index (χ1) is 16.5. The van der Waals surface area contributed by atoms with E-state index in [4.69, 9.17) is 9.47 Å². The lowest BCUT2D eigenvalue weighted by Gasteiger charge is -2.42. The molecule has 1 aliphatic heterocycles. The van der Waals surface area contributed by atoms with E-state index in [1.807, 2.05) is 74.8 Å². The molecule has 178 valence electrons. The summed E-state index contributed by atoms with van der Waals surface area (Å²) in [4.78, 5) is 23.7. The van der Waals surface area contributed by atoms with Crippen LogP contribution in [0.25, 0.3) is 0 Å². The first-order valence-electron chi connectivity index (χ1n) is 11.5. The monoisotopic (exact) mass is 460 g/mol. The molecule has 1 aromatic heterocycles. The number of hydrogen-bond donors (Lipinski definition) is 0. The van der Waals surface area contributed by atoms with Gasteiger partial charge in [0.2, 0.25) is 5.91 Å². The quantitative estimate of drug-likeness (QED) is 0.513. The highest BCUT2D eigenvalue weighted by molar-refractivity contribution is 5.82. The van der Waals surface area contributed by atoms with Crippen LogP contribution >= 0.6 is 0 Å². The van der Waals surface area contributed by atoms with Gasteiger partial charge in [0.1, 0.15) is 24.1 Å². The van der Waals surface area contributed by atoms with Crippen LogP contribution in [-0.2, 0) is 17.9 Å². The number of rotatable bonds is 8. The Labute approximate surface area is 201 Å². The maximum absolute atomic E-state index is 13.2. The number of ether oxygens (including phenoxy) is 2. The number of anilines is 1. The van der Waals surface area contributed by atoms with Crippen LogP contribution in [0.5, 0.6) is 11.5 Å². The third-order valence-corrected chi connectivity index (χ3v) is 6.10. The number of para-hydroxylation sites is 1. The SMILES string of the molecule is COc1ccc(N2CCN(Cc3ccccc3OCc3ccccn3)[C@H](C(=O)N(C)C)C2)cc1. The molecule has 1 amide bonds. The molecule has 0 spiro atoms. The fourth-order valence-corrected chi connectivity index (χ4v) is 4.20. The molecule has 7 heteroatoms. The summed E-state index contributed by atoms with van der Waals surface area (Å²) in [5.74, 6) is 1.75. The zero-order chi connectivity index (χ0) is 23.9. The predicted octanol–water partition coefficient (Wildman–Crippen LogP) is 3.45. The van der Waals surface area contributed by atoms with E-state index < -0.39 is 0 Å². The van der Waals surface area contributed by atoms with Crippen LogP contribution in [0.2, 0.25) is 0 Å². The van der Waals surface area contributed by atoms with E-state index in [9.17, 15) is 4.79 Å². The van der Waals surface area contributed by atoms with E-state index in [2.05, 4.69) is 20.9 Å². The summed E-state index contributed by atoms with van der Waals surface area (Å²) in [6.45, 7) is 3.27. The zero-order valence-corrected chi connectivity index (χ0v) is 20.1. The Morgan fingerprint density at radius 2 is 1.79 bits per heavy atom. The van der Waals surface area contributed by atoms with Gasteiger partial charge < -0.3 is 19.3 Å². The van der Waals surface area contributed by atoms with Crippen molar-refractivity contribution in [3.05, 3.63) is 84.2 Å². The van der Waals surface area contributed by atoms with Crippen molar-refractivity contribution in [1.29, 1.82) is 0 Å². The molecule has 4 rings (SSSR count). The molecule has 0 unspecified atom stereocenters. The molecule has 3 aromatic rings. The highest BCUT2D eigenvalue weighted by Gasteiger charge is 2.34. The molecule has 0 saturated carbocycles. The number of aromatic nitrogens is 1. The van der Waals surface area contributed by atoms with Crippen molar-refractivity contribution < 1.29 is 14.3 Å². The summed E-state index contributed by atoms with van der Waals surface area (Å²) >= 11 is 0. The summed E-state index contributed by atoms with van der Waals surface area (Å²) in [6.07, 6.45) is 1.77. The fraction of sp³-hybridized carbons (Fsp3) is 0.333. The third kappa shape index (κ3) is 5.66. The van der Waals surface area contributed by atoms with Crippen molar-refractivity contribution in [3.8, 4) is 11.5 Å². The van der Waals surface area contributed by atoms with Gasteiger partial charge in [0, 0.05) is 57.7 Å². The first kappa shape index (κ1) is 23.6. The summed E-state index contributed by atoms with van der Waals surface area (Å²) in [5.41, 5.74) is 3.04. The molecule has 2 heterocycles. The Morgan fingerprint density at radius 3 is 2.50 bits per heavy atom.